The van der Waals surface area contributed by atoms with Crippen LogP contribution in [0.3, 0.4) is 0 Å². The van der Waals surface area contributed by atoms with E-state index >= 15 is 0 Å². The van der Waals surface area contributed by atoms with Gasteiger partial charge in [-0.2, -0.15) is 0 Å². The zero-order chi connectivity index (χ0) is 14.7. The van der Waals surface area contributed by atoms with Crippen LogP contribution in [0.5, 0.6) is 0 Å². The van der Waals surface area contributed by atoms with E-state index in [1.807, 2.05) is 49.5 Å². The van der Waals surface area contributed by atoms with Gasteiger partial charge in [0.1, 0.15) is 5.82 Å². The summed E-state index contributed by atoms with van der Waals surface area (Å²) < 4.78 is 13.7. The Morgan fingerprint density at radius 1 is 1.10 bits per heavy atom. The highest BCUT2D eigenvalue weighted by molar-refractivity contribution is 5.81. The molecule has 0 fully saturated rings. The first kappa shape index (κ1) is 13.6. The molecule has 0 aliphatic heterocycles. The third kappa shape index (κ3) is 3.19. The van der Waals surface area contributed by atoms with Crippen LogP contribution in [0.25, 0.3) is 10.9 Å². The first-order valence-electron chi connectivity index (χ1n) is 7.07. The topological polar surface area (TPSA) is 24.9 Å². The van der Waals surface area contributed by atoms with Gasteiger partial charge in [-0.1, -0.05) is 36.4 Å². The van der Waals surface area contributed by atoms with E-state index in [1.165, 1.54) is 6.07 Å². The summed E-state index contributed by atoms with van der Waals surface area (Å²) in [5.41, 5.74) is 2.66. The number of anilines is 1. The van der Waals surface area contributed by atoms with Crippen LogP contribution in [0.2, 0.25) is 0 Å². The molecule has 21 heavy (non-hydrogen) atoms. The van der Waals surface area contributed by atoms with Crippen molar-refractivity contribution >= 4 is 16.6 Å². The van der Waals surface area contributed by atoms with Crippen molar-refractivity contribution in [1.82, 2.24) is 4.98 Å². The number of fused-ring (bicyclic) bond motifs is 1. The molecule has 0 radical (unpaired) electrons. The first-order chi connectivity index (χ1) is 10.2. The van der Waals surface area contributed by atoms with Crippen molar-refractivity contribution in [3.05, 3.63) is 72.2 Å². The maximum absolute atomic E-state index is 13.7. The Bertz CT molecular complexity index is 755. The van der Waals surface area contributed by atoms with Gasteiger partial charge in [-0.05, 0) is 37.1 Å². The molecule has 0 spiro atoms. The highest BCUT2D eigenvalue weighted by Crippen LogP contribution is 2.18. The molecule has 0 aliphatic rings. The van der Waals surface area contributed by atoms with Crippen LogP contribution in [-0.4, -0.2) is 11.0 Å². The van der Waals surface area contributed by atoms with Gasteiger partial charge in [0.25, 0.3) is 0 Å². The average Bonchev–Trinajstić information content (AvgIpc) is 2.49. The Kier molecular flexibility index (Phi) is 3.82. The van der Waals surface area contributed by atoms with Gasteiger partial charge in [-0.3, -0.25) is 4.98 Å². The van der Waals surface area contributed by atoms with E-state index in [9.17, 15) is 4.39 Å². The Morgan fingerprint density at radius 3 is 2.71 bits per heavy atom. The molecule has 0 saturated carbocycles. The van der Waals surface area contributed by atoms with Gasteiger partial charge in [0.2, 0.25) is 0 Å². The van der Waals surface area contributed by atoms with Crippen molar-refractivity contribution in [2.24, 2.45) is 0 Å². The van der Waals surface area contributed by atoms with Crippen molar-refractivity contribution < 1.29 is 4.39 Å². The number of hydrogen-bond donors (Lipinski definition) is 1. The fourth-order valence-electron chi connectivity index (χ4n) is 2.48. The minimum Gasteiger partial charge on any atom is -0.381 e. The molecule has 1 N–H and O–H groups in total. The SMILES string of the molecule is CC(Cc1ccccc1F)Nc1cnc2ccccc2c1. The number of halogens is 1. The summed E-state index contributed by atoms with van der Waals surface area (Å²) in [7, 11) is 0. The second-order valence-electron chi connectivity index (χ2n) is 5.26. The molecule has 0 aliphatic carbocycles. The van der Waals surface area contributed by atoms with Gasteiger partial charge in [0, 0.05) is 11.4 Å². The summed E-state index contributed by atoms with van der Waals surface area (Å²) in [4.78, 5) is 4.42. The lowest BCUT2D eigenvalue weighted by Crippen LogP contribution is -2.18. The summed E-state index contributed by atoms with van der Waals surface area (Å²) >= 11 is 0. The molecule has 3 aromatic rings. The molecule has 1 unspecified atom stereocenters. The van der Waals surface area contributed by atoms with Crippen LogP contribution >= 0.6 is 0 Å². The number of nitrogens with one attached hydrogen (secondary N) is 1. The van der Waals surface area contributed by atoms with Crippen molar-refractivity contribution in [3.63, 3.8) is 0 Å². The number of aromatic nitrogens is 1. The molecule has 1 atom stereocenters. The van der Waals surface area contributed by atoms with Crippen molar-refractivity contribution in [2.75, 3.05) is 5.32 Å². The molecule has 106 valence electrons. The van der Waals surface area contributed by atoms with E-state index in [4.69, 9.17) is 0 Å². The summed E-state index contributed by atoms with van der Waals surface area (Å²) in [5, 5.41) is 4.48. The van der Waals surface area contributed by atoms with Crippen molar-refractivity contribution in [3.8, 4) is 0 Å². The fourth-order valence-corrected chi connectivity index (χ4v) is 2.48. The van der Waals surface area contributed by atoms with E-state index in [2.05, 4.69) is 16.4 Å². The summed E-state index contributed by atoms with van der Waals surface area (Å²) in [6.07, 6.45) is 2.46. The van der Waals surface area contributed by atoms with Gasteiger partial charge in [-0.25, -0.2) is 4.39 Å². The molecule has 1 aromatic heterocycles. The maximum atomic E-state index is 13.7. The third-order valence-electron chi connectivity index (χ3n) is 3.49. The number of benzene rings is 2. The smallest absolute Gasteiger partial charge is 0.126 e. The standard InChI is InChI=1S/C18H17FN2/c1-13(10-14-6-2-4-8-17(14)19)21-16-11-15-7-3-5-9-18(15)20-12-16/h2-9,11-13,21H,10H2,1H3. The lowest BCUT2D eigenvalue weighted by molar-refractivity contribution is 0.601. The summed E-state index contributed by atoms with van der Waals surface area (Å²) in [6, 6.07) is 17.1. The zero-order valence-electron chi connectivity index (χ0n) is 11.9. The van der Waals surface area contributed by atoms with E-state index < -0.39 is 0 Å². The van der Waals surface area contributed by atoms with Gasteiger partial charge < -0.3 is 5.32 Å². The van der Waals surface area contributed by atoms with Crippen LogP contribution in [0.15, 0.2) is 60.8 Å². The zero-order valence-corrected chi connectivity index (χ0v) is 11.9. The van der Waals surface area contributed by atoms with E-state index in [-0.39, 0.29) is 11.9 Å². The van der Waals surface area contributed by atoms with Crippen LogP contribution in [0.4, 0.5) is 10.1 Å². The number of rotatable bonds is 4. The average molecular weight is 280 g/mol. The Morgan fingerprint density at radius 2 is 1.86 bits per heavy atom. The van der Waals surface area contributed by atoms with Gasteiger partial charge in [0.05, 0.1) is 17.4 Å². The second kappa shape index (κ2) is 5.92. The normalized spacial score (nSPS) is 12.3. The number of pyridine rings is 1. The monoisotopic (exact) mass is 280 g/mol. The molecule has 3 heteroatoms. The lowest BCUT2D eigenvalue weighted by Gasteiger charge is -2.16. The fraction of sp³-hybridized carbons (Fsp3) is 0.167. The molecule has 3 rings (SSSR count). The van der Waals surface area contributed by atoms with E-state index in [0.717, 1.165) is 22.2 Å². The van der Waals surface area contributed by atoms with Gasteiger partial charge in [-0.15, -0.1) is 0 Å². The minimum absolute atomic E-state index is 0.130. The number of hydrogen-bond acceptors (Lipinski definition) is 2. The predicted octanol–water partition coefficient (Wildman–Crippen LogP) is 4.42. The predicted molar refractivity (Wildman–Crippen MR) is 84.9 cm³/mol. The van der Waals surface area contributed by atoms with Crippen LogP contribution in [-0.2, 0) is 6.42 Å². The van der Waals surface area contributed by atoms with Crippen molar-refractivity contribution in [2.45, 2.75) is 19.4 Å². The quantitative estimate of drug-likeness (QED) is 0.765. The molecule has 0 saturated heterocycles. The molecular formula is C18H17FN2. The minimum atomic E-state index is -0.150. The first-order valence-corrected chi connectivity index (χ1v) is 7.07. The molecule has 2 aromatic carbocycles. The Labute approximate surface area is 123 Å². The second-order valence-corrected chi connectivity index (χ2v) is 5.26. The third-order valence-corrected chi connectivity index (χ3v) is 3.49. The molecule has 1 heterocycles. The van der Waals surface area contributed by atoms with Crippen LogP contribution in [0.1, 0.15) is 12.5 Å². The Hall–Kier alpha value is -2.42. The number of para-hydroxylation sites is 1. The van der Waals surface area contributed by atoms with Gasteiger partial charge >= 0.3 is 0 Å². The highest BCUT2D eigenvalue weighted by atomic mass is 19.1. The van der Waals surface area contributed by atoms with Crippen molar-refractivity contribution in [1.29, 1.82) is 0 Å². The van der Waals surface area contributed by atoms with Gasteiger partial charge in [0.15, 0.2) is 0 Å². The highest BCUT2D eigenvalue weighted by Gasteiger charge is 2.08. The lowest BCUT2D eigenvalue weighted by atomic mass is 10.1. The number of nitrogens with zero attached hydrogens (tertiary/aromatic N) is 1. The van der Waals surface area contributed by atoms with Crippen LogP contribution in [0, 0.1) is 5.82 Å². The maximum Gasteiger partial charge on any atom is 0.126 e. The summed E-state index contributed by atoms with van der Waals surface area (Å²) in [5.74, 6) is -0.150. The Balaban J connectivity index is 1.74. The summed E-state index contributed by atoms with van der Waals surface area (Å²) in [6.45, 7) is 2.04. The van der Waals surface area contributed by atoms with Crippen LogP contribution < -0.4 is 5.32 Å². The van der Waals surface area contributed by atoms with E-state index in [0.29, 0.717) is 6.42 Å². The van der Waals surface area contributed by atoms with E-state index in [1.54, 1.807) is 6.07 Å². The molecular weight excluding hydrogens is 263 g/mol. The molecule has 0 amide bonds. The largest absolute Gasteiger partial charge is 0.381 e. The molecule has 0 bridgehead atoms. The molecule has 2 nitrogen and oxygen atoms in total.